The van der Waals surface area contributed by atoms with Crippen molar-refractivity contribution in [3.8, 4) is 0 Å². The van der Waals surface area contributed by atoms with Gasteiger partial charge in [-0.1, -0.05) is 30.3 Å². The van der Waals surface area contributed by atoms with Crippen LogP contribution in [-0.2, 0) is 20.9 Å². The van der Waals surface area contributed by atoms with Gasteiger partial charge in [0.05, 0.1) is 18.2 Å². The Morgan fingerprint density at radius 1 is 1.40 bits per heavy atom. The third-order valence-electron chi connectivity index (χ3n) is 3.70. The van der Waals surface area contributed by atoms with Crippen molar-refractivity contribution in [3.05, 3.63) is 35.9 Å². The molecule has 1 heterocycles. The topological polar surface area (TPSA) is 60.0 Å². The van der Waals surface area contributed by atoms with E-state index >= 15 is 0 Å². The molecule has 0 radical (unpaired) electrons. The first-order chi connectivity index (χ1) is 9.55. The van der Waals surface area contributed by atoms with Gasteiger partial charge in [0.25, 0.3) is 0 Å². The summed E-state index contributed by atoms with van der Waals surface area (Å²) in [5, 5.41) is 10.3. The average Bonchev–Trinajstić information content (AvgIpc) is 2.45. The third-order valence-corrected chi connectivity index (χ3v) is 3.70. The van der Waals surface area contributed by atoms with Gasteiger partial charge in [-0.25, -0.2) is 0 Å². The van der Waals surface area contributed by atoms with Crippen LogP contribution in [0.4, 0.5) is 0 Å². The summed E-state index contributed by atoms with van der Waals surface area (Å²) in [4.78, 5) is 5.55. The van der Waals surface area contributed by atoms with Gasteiger partial charge in [0.15, 0.2) is 6.29 Å². The zero-order chi connectivity index (χ0) is 14.6. The molecule has 0 spiro atoms. The van der Waals surface area contributed by atoms with E-state index in [1.807, 2.05) is 44.2 Å². The Morgan fingerprint density at radius 3 is 2.75 bits per heavy atom. The lowest BCUT2D eigenvalue weighted by molar-refractivity contribution is -0.249. The number of aliphatic hydroxyl groups is 1. The van der Waals surface area contributed by atoms with Crippen LogP contribution in [0.25, 0.3) is 0 Å². The second kappa shape index (κ2) is 6.65. The molecule has 0 aromatic heterocycles. The van der Waals surface area contributed by atoms with E-state index in [0.717, 1.165) is 5.56 Å². The summed E-state index contributed by atoms with van der Waals surface area (Å²) in [6, 6.07) is 9.88. The largest absolute Gasteiger partial charge is 0.388 e. The van der Waals surface area contributed by atoms with Gasteiger partial charge in [0.2, 0.25) is 0 Å². The van der Waals surface area contributed by atoms with Crippen molar-refractivity contribution in [2.75, 3.05) is 7.11 Å². The molecule has 0 bridgehead atoms. The molecule has 0 unspecified atom stereocenters. The summed E-state index contributed by atoms with van der Waals surface area (Å²) in [6.45, 7) is 4.18. The van der Waals surface area contributed by atoms with Crippen molar-refractivity contribution < 1.29 is 19.4 Å². The van der Waals surface area contributed by atoms with Crippen molar-refractivity contribution in [2.45, 2.75) is 50.9 Å². The number of rotatable bonds is 5. The predicted octanol–water partition coefficient (Wildman–Crippen LogP) is 1.61. The van der Waals surface area contributed by atoms with E-state index in [-0.39, 0.29) is 12.4 Å². The van der Waals surface area contributed by atoms with Crippen LogP contribution < -0.4 is 5.48 Å². The van der Waals surface area contributed by atoms with Crippen LogP contribution in [0.1, 0.15) is 25.8 Å². The molecule has 0 aliphatic carbocycles. The molecular formula is C15H23NO4. The molecule has 2 N–H and O–H groups in total. The van der Waals surface area contributed by atoms with Crippen LogP contribution in [0.2, 0.25) is 0 Å². The van der Waals surface area contributed by atoms with E-state index in [9.17, 15) is 5.11 Å². The molecule has 1 aromatic rings. The Bertz CT molecular complexity index is 414. The maximum atomic E-state index is 10.3. The summed E-state index contributed by atoms with van der Waals surface area (Å²) >= 11 is 0. The smallest absolute Gasteiger partial charge is 0.159 e. The SMILES string of the molecule is CO[C@@H]1C[C@@](C)(NOCc2ccccc2)[C@@H](O)[C@H](C)O1. The van der Waals surface area contributed by atoms with Gasteiger partial charge in [-0.15, -0.1) is 0 Å². The Kier molecular flexibility index (Phi) is 5.12. The van der Waals surface area contributed by atoms with Crippen molar-refractivity contribution in [3.63, 3.8) is 0 Å². The van der Waals surface area contributed by atoms with Gasteiger partial charge in [0, 0.05) is 13.5 Å². The lowest BCUT2D eigenvalue weighted by atomic mass is 9.86. The highest BCUT2D eigenvalue weighted by molar-refractivity contribution is 5.13. The van der Waals surface area contributed by atoms with E-state index in [0.29, 0.717) is 13.0 Å². The van der Waals surface area contributed by atoms with E-state index in [4.69, 9.17) is 14.3 Å². The van der Waals surface area contributed by atoms with E-state index in [1.54, 1.807) is 7.11 Å². The second-order valence-electron chi connectivity index (χ2n) is 5.45. The minimum absolute atomic E-state index is 0.313. The molecule has 5 heteroatoms. The minimum atomic E-state index is -0.662. The molecule has 1 saturated heterocycles. The van der Waals surface area contributed by atoms with Crippen LogP contribution in [0.3, 0.4) is 0 Å². The first-order valence-electron chi connectivity index (χ1n) is 6.84. The Hall–Kier alpha value is -0.980. The number of hydroxylamine groups is 1. The maximum Gasteiger partial charge on any atom is 0.159 e. The van der Waals surface area contributed by atoms with Crippen molar-refractivity contribution in [1.29, 1.82) is 0 Å². The van der Waals surface area contributed by atoms with E-state index < -0.39 is 11.6 Å². The zero-order valence-corrected chi connectivity index (χ0v) is 12.2. The van der Waals surface area contributed by atoms with Crippen LogP contribution in [0.15, 0.2) is 30.3 Å². The first kappa shape index (κ1) is 15.4. The quantitative estimate of drug-likeness (QED) is 0.803. The standard InChI is InChI=1S/C15H23NO4/c1-11-14(17)15(2,9-13(18-3)20-11)16-19-10-12-7-5-4-6-8-12/h4-8,11,13-14,16-17H,9-10H2,1-3H3/t11-,13-,14-,15+/m0/s1. The van der Waals surface area contributed by atoms with Crippen molar-refractivity contribution in [1.82, 2.24) is 5.48 Å². The monoisotopic (exact) mass is 281 g/mol. The van der Waals surface area contributed by atoms with Gasteiger partial charge in [0.1, 0.15) is 6.10 Å². The summed E-state index contributed by atoms with van der Waals surface area (Å²) in [6.07, 6.45) is -0.800. The molecule has 2 rings (SSSR count). The number of nitrogens with one attached hydrogen (secondary N) is 1. The molecule has 0 saturated carbocycles. The van der Waals surface area contributed by atoms with Gasteiger partial charge in [-0.05, 0) is 19.4 Å². The van der Waals surface area contributed by atoms with Crippen LogP contribution >= 0.6 is 0 Å². The lowest BCUT2D eigenvalue weighted by Crippen LogP contribution is -2.62. The molecular weight excluding hydrogens is 258 g/mol. The van der Waals surface area contributed by atoms with Crippen molar-refractivity contribution in [2.24, 2.45) is 0 Å². The fourth-order valence-corrected chi connectivity index (χ4v) is 2.45. The average molecular weight is 281 g/mol. The molecule has 1 aliphatic heterocycles. The Labute approximate surface area is 119 Å². The zero-order valence-electron chi connectivity index (χ0n) is 12.2. The van der Waals surface area contributed by atoms with E-state index in [2.05, 4.69) is 5.48 Å². The summed E-state index contributed by atoms with van der Waals surface area (Å²) in [5.41, 5.74) is 3.45. The van der Waals surface area contributed by atoms with Gasteiger partial charge >= 0.3 is 0 Å². The maximum absolute atomic E-state index is 10.3. The van der Waals surface area contributed by atoms with Crippen LogP contribution in [-0.4, -0.2) is 36.3 Å². The van der Waals surface area contributed by atoms with Crippen molar-refractivity contribution >= 4 is 0 Å². The predicted molar refractivity (Wildman–Crippen MR) is 74.7 cm³/mol. The highest BCUT2D eigenvalue weighted by Gasteiger charge is 2.45. The summed E-state index contributed by atoms with van der Waals surface area (Å²) in [5.74, 6) is 0. The molecule has 5 nitrogen and oxygen atoms in total. The van der Waals surface area contributed by atoms with Gasteiger partial charge in [-0.3, -0.25) is 4.84 Å². The Balaban J connectivity index is 1.92. The molecule has 20 heavy (non-hydrogen) atoms. The van der Waals surface area contributed by atoms with E-state index in [1.165, 1.54) is 0 Å². The first-order valence-corrected chi connectivity index (χ1v) is 6.84. The number of hydrogen-bond acceptors (Lipinski definition) is 5. The molecule has 0 amide bonds. The number of benzene rings is 1. The highest BCUT2D eigenvalue weighted by atomic mass is 16.7. The Morgan fingerprint density at radius 2 is 2.10 bits per heavy atom. The number of hydrogen-bond donors (Lipinski definition) is 2. The highest BCUT2D eigenvalue weighted by Crippen LogP contribution is 2.29. The lowest BCUT2D eigenvalue weighted by Gasteiger charge is -2.44. The second-order valence-corrected chi connectivity index (χ2v) is 5.45. The number of aliphatic hydroxyl groups excluding tert-OH is 1. The minimum Gasteiger partial charge on any atom is -0.388 e. The molecule has 1 aliphatic rings. The summed E-state index contributed by atoms with van der Waals surface area (Å²) in [7, 11) is 1.60. The number of ether oxygens (including phenoxy) is 2. The van der Waals surface area contributed by atoms with Crippen LogP contribution in [0.5, 0.6) is 0 Å². The fraction of sp³-hybridized carbons (Fsp3) is 0.600. The molecule has 1 fully saturated rings. The normalized spacial score (nSPS) is 34.1. The summed E-state index contributed by atoms with van der Waals surface area (Å²) < 4.78 is 10.8. The third kappa shape index (κ3) is 3.56. The van der Waals surface area contributed by atoms with Gasteiger partial charge < -0.3 is 14.6 Å². The molecule has 1 aromatic carbocycles. The van der Waals surface area contributed by atoms with Crippen LogP contribution in [0, 0.1) is 0 Å². The molecule has 112 valence electrons. The number of methoxy groups -OCH3 is 1. The fourth-order valence-electron chi connectivity index (χ4n) is 2.45. The molecule has 4 atom stereocenters. The van der Waals surface area contributed by atoms with Gasteiger partial charge in [-0.2, -0.15) is 5.48 Å².